The summed E-state index contributed by atoms with van der Waals surface area (Å²) in [6.45, 7) is 13.9. The molecule has 12 heteroatoms. The number of fused-ring (bicyclic) bond motifs is 3. The minimum absolute atomic E-state index is 0.00942. The fourth-order valence-electron chi connectivity index (χ4n) is 8.59. The molecule has 4 aromatic carbocycles. The summed E-state index contributed by atoms with van der Waals surface area (Å²) in [5.74, 6) is 1.29. The highest BCUT2D eigenvalue weighted by molar-refractivity contribution is 5.86. The molecule has 2 amide bonds. The fourth-order valence-corrected chi connectivity index (χ4v) is 8.59. The molecular formula is C52H66N2O10. The van der Waals surface area contributed by atoms with E-state index in [-0.39, 0.29) is 37.3 Å². The smallest absolute Gasteiger partial charge is 0.407 e. The second-order valence-electron chi connectivity index (χ2n) is 17.5. The highest BCUT2D eigenvalue weighted by Gasteiger charge is 2.46. The van der Waals surface area contributed by atoms with Crippen molar-refractivity contribution in [1.29, 1.82) is 0 Å². The van der Waals surface area contributed by atoms with E-state index in [0.29, 0.717) is 64.2 Å². The molecule has 1 aliphatic carbocycles. The van der Waals surface area contributed by atoms with Crippen LogP contribution in [0.1, 0.15) is 82.1 Å². The van der Waals surface area contributed by atoms with Crippen molar-refractivity contribution in [2.45, 2.75) is 77.4 Å². The third-order valence-corrected chi connectivity index (χ3v) is 12.8. The van der Waals surface area contributed by atoms with Gasteiger partial charge in [0.15, 0.2) is 12.2 Å². The van der Waals surface area contributed by atoms with Gasteiger partial charge in [0.2, 0.25) is 0 Å². The van der Waals surface area contributed by atoms with Crippen LogP contribution in [0.2, 0.25) is 0 Å². The minimum Gasteiger partial charge on any atom is -0.490 e. The second kappa shape index (κ2) is 22.2. The normalized spacial score (nSPS) is 17.1. The van der Waals surface area contributed by atoms with Gasteiger partial charge >= 0.3 is 12.2 Å². The first-order chi connectivity index (χ1) is 31.3. The maximum absolute atomic E-state index is 12.7. The van der Waals surface area contributed by atoms with Crippen LogP contribution in [0.25, 0.3) is 11.1 Å². The molecular weight excluding hydrogens is 813 g/mol. The second-order valence-corrected chi connectivity index (χ2v) is 17.5. The predicted molar refractivity (Wildman–Crippen MR) is 245 cm³/mol. The minimum atomic E-state index is -0.655. The van der Waals surface area contributed by atoms with Gasteiger partial charge in [-0.2, -0.15) is 0 Å². The van der Waals surface area contributed by atoms with Crippen molar-refractivity contribution in [3.63, 3.8) is 0 Å². The predicted octanol–water partition coefficient (Wildman–Crippen LogP) is 9.09. The molecule has 3 aliphatic rings. The lowest BCUT2D eigenvalue weighted by Crippen LogP contribution is -2.46. The summed E-state index contributed by atoms with van der Waals surface area (Å²) in [6.07, 6.45) is 2.36. The molecule has 0 saturated carbocycles. The Bertz CT molecular complexity index is 2040. The molecule has 2 N–H and O–H groups in total. The van der Waals surface area contributed by atoms with Crippen LogP contribution < -0.4 is 20.1 Å². The highest BCUT2D eigenvalue weighted by Crippen LogP contribution is 2.56. The summed E-state index contributed by atoms with van der Waals surface area (Å²) in [4.78, 5) is 25.4. The van der Waals surface area contributed by atoms with Crippen LogP contribution in [-0.2, 0) is 33.8 Å². The summed E-state index contributed by atoms with van der Waals surface area (Å²) in [6, 6.07) is 33.5. The van der Waals surface area contributed by atoms with Crippen molar-refractivity contribution in [3.05, 3.63) is 119 Å². The number of hydrogen-bond acceptors (Lipinski definition) is 10. The quantitative estimate of drug-likeness (QED) is 0.0548. The van der Waals surface area contributed by atoms with E-state index >= 15 is 0 Å². The third kappa shape index (κ3) is 10.9. The van der Waals surface area contributed by atoms with E-state index in [2.05, 4.69) is 104 Å². The lowest BCUT2D eigenvalue weighted by molar-refractivity contribution is -0.156. The van der Waals surface area contributed by atoms with Crippen LogP contribution in [-0.4, -0.2) is 104 Å². The van der Waals surface area contributed by atoms with Crippen LogP contribution in [0.5, 0.6) is 11.5 Å². The molecule has 64 heavy (non-hydrogen) atoms. The molecule has 0 aromatic heterocycles. The van der Waals surface area contributed by atoms with Gasteiger partial charge in [0.05, 0.1) is 58.3 Å². The summed E-state index contributed by atoms with van der Waals surface area (Å²) < 4.78 is 47.4. The van der Waals surface area contributed by atoms with Gasteiger partial charge in [-0.15, -0.1) is 0 Å². The Morgan fingerprint density at radius 3 is 1.39 bits per heavy atom. The Balaban J connectivity index is 1.09. The first-order valence-electron chi connectivity index (χ1n) is 23.1. The SMILES string of the molecule is CCCCNC(=O)OC(COCC1(CC)COC1)COc1ccc(C2(c3ccc(OCC(COCC4(CC)COC4)OC(=O)NCCC)cc3)c3ccccc3-c3ccccc32)cc1. The molecule has 4 aromatic rings. The Kier molecular flexibility index (Phi) is 16.2. The van der Waals surface area contributed by atoms with Crippen molar-refractivity contribution in [2.24, 2.45) is 10.8 Å². The number of benzene rings is 4. The fraction of sp³-hybridized carbons (Fsp3) is 0.500. The van der Waals surface area contributed by atoms with E-state index in [9.17, 15) is 9.59 Å². The lowest BCUT2D eigenvalue weighted by Gasteiger charge is -2.40. The number of ether oxygens (including phenoxy) is 8. The maximum Gasteiger partial charge on any atom is 0.407 e. The van der Waals surface area contributed by atoms with E-state index in [0.717, 1.165) is 43.2 Å². The first-order valence-corrected chi connectivity index (χ1v) is 23.1. The zero-order chi connectivity index (χ0) is 44.8. The number of carbonyl (C=O) groups is 2. The maximum atomic E-state index is 12.7. The summed E-state index contributed by atoms with van der Waals surface area (Å²) in [5.41, 5.74) is 6.19. The summed E-state index contributed by atoms with van der Waals surface area (Å²) in [5, 5.41) is 5.64. The molecule has 2 saturated heterocycles. The molecule has 2 fully saturated rings. The monoisotopic (exact) mass is 878 g/mol. The Morgan fingerprint density at radius 2 is 1.00 bits per heavy atom. The van der Waals surface area contributed by atoms with Gasteiger partial charge in [-0.3, -0.25) is 0 Å². The first kappa shape index (κ1) is 46.8. The van der Waals surface area contributed by atoms with Gasteiger partial charge in [-0.05, 0) is 83.3 Å². The van der Waals surface area contributed by atoms with Crippen molar-refractivity contribution in [1.82, 2.24) is 10.6 Å². The Labute approximate surface area is 378 Å². The summed E-state index contributed by atoms with van der Waals surface area (Å²) in [7, 11) is 0. The topological polar surface area (TPSA) is 132 Å². The molecule has 2 atom stereocenters. The number of amides is 2. The number of rotatable bonds is 25. The largest absolute Gasteiger partial charge is 0.490 e. The van der Waals surface area contributed by atoms with E-state index in [1.165, 1.54) is 22.3 Å². The van der Waals surface area contributed by atoms with Crippen molar-refractivity contribution >= 4 is 12.2 Å². The van der Waals surface area contributed by atoms with Gasteiger partial charge in [0, 0.05) is 23.9 Å². The van der Waals surface area contributed by atoms with Crippen LogP contribution in [0.3, 0.4) is 0 Å². The van der Waals surface area contributed by atoms with E-state index in [4.69, 9.17) is 37.9 Å². The van der Waals surface area contributed by atoms with Crippen molar-refractivity contribution in [2.75, 3.05) is 79.2 Å². The molecule has 0 bridgehead atoms. The Morgan fingerprint density at radius 1 is 0.562 bits per heavy atom. The summed E-state index contributed by atoms with van der Waals surface area (Å²) >= 11 is 0. The number of alkyl carbamates (subject to hydrolysis) is 2. The van der Waals surface area contributed by atoms with E-state index in [1.807, 2.05) is 31.2 Å². The standard InChI is InChI=1S/C52H66N2O10/c1-5-9-27-54-49(56)64-43(29-58-33-51(8-4)36-60-37-51)31-62-41-24-20-39(21-25-41)52(46-16-12-10-14-44(46)45-15-11-13-17-47(45)52)38-18-22-40(23-19-38)61-30-42(63-48(55)53-26-6-2)28-57-32-50(7-3)34-59-35-50/h10-25,42-43H,5-9,26-37H2,1-4H3,(H,53,55)(H,54,56). The zero-order valence-corrected chi connectivity index (χ0v) is 38.0. The highest BCUT2D eigenvalue weighted by atomic mass is 16.6. The molecule has 2 unspecified atom stereocenters. The zero-order valence-electron chi connectivity index (χ0n) is 38.0. The van der Waals surface area contributed by atoms with Gasteiger partial charge < -0.3 is 48.5 Å². The molecule has 0 spiro atoms. The van der Waals surface area contributed by atoms with E-state index < -0.39 is 29.8 Å². The van der Waals surface area contributed by atoms with E-state index in [1.54, 1.807) is 0 Å². The number of nitrogens with one attached hydrogen (secondary N) is 2. The molecule has 2 heterocycles. The van der Waals surface area contributed by atoms with Gasteiger partial charge in [-0.1, -0.05) is 107 Å². The average molecular weight is 879 g/mol. The Hall–Kier alpha value is -5.14. The number of carbonyl (C=O) groups excluding carboxylic acids is 2. The van der Waals surface area contributed by atoms with Crippen LogP contribution >= 0.6 is 0 Å². The van der Waals surface area contributed by atoms with Gasteiger partial charge in [-0.25, -0.2) is 9.59 Å². The van der Waals surface area contributed by atoms with Crippen LogP contribution in [0.15, 0.2) is 97.1 Å². The van der Waals surface area contributed by atoms with Crippen LogP contribution in [0, 0.1) is 10.8 Å². The molecule has 7 rings (SSSR count). The van der Waals surface area contributed by atoms with Crippen LogP contribution in [0.4, 0.5) is 9.59 Å². The molecule has 2 aliphatic heterocycles. The molecule has 0 radical (unpaired) electrons. The molecule has 12 nitrogen and oxygen atoms in total. The van der Waals surface area contributed by atoms with Gasteiger partial charge in [0.1, 0.15) is 24.7 Å². The van der Waals surface area contributed by atoms with Crippen molar-refractivity contribution < 1.29 is 47.5 Å². The number of hydrogen-bond donors (Lipinski definition) is 2. The third-order valence-electron chi connectivity index (χ3n) is 12.8. The van der Waals surface area contributed by atoms with Crippen molar-refractivity contribution in [3.8, 4) is 22.6 Å². The lowest BCUT2D eigenvalue weighted by atomic mass is 9.68. The number of unbranched alkanes of at least 4 members (excludes halogenated alkanes) is 1. The average Bonchev–Trinajstić information content (AvgIpc) is 3.59. The van der Waals surface area contributed by atoms with Gasteiger partial charge in [0.25, 0.3) is 0 Å². The molecule has 344 valence electrons.